The Morgan fingerprint density at radius 3 is 2.45 bits per heavy atom. The van der Waals surface area contributed by atoms with Gasteiger partial charge >= 0.3 is 17.7 Å². The van der Waals surface area contributed by atoms with Gasteiger partial charge in [-0.3, -0.25) is 9.59 Å². The summed E-state index contributed by atoms with van der Waals surface area (Å²) in [6.45, 7) is 3.37. The van der Waals surface area contributed by atoms with E-state index in [-0.39, 0.29) is 41.5 Å². The summed E-state index contributed by atoms with van der Waals surface area (Å²) in [7, 11) is 0. The monoisotopic (exact) mass is 471 g/mol. The molecule has 0 N–H and O–H groups in total. The molecule has 0 unspecified atom stereocenters. The fourth-order valence-electron chi connectivity index (χ4n) is 3.02. The Kier molecular flexibility index (Phi) is 7.84. The number of hydrogen-bond acceptors (Lipinski definition) is 7. The normalized spacial score (nSPS) is 10.6. The van der Waals surface area contributed by atoms with Crippen molar-refractivity contribution in [1.29, 1.82) is 0 Å². The van der Waals surface area contributed by atoms with Crippen LogP contribution in [0.15, 0.2) is 57.7 Å². The number of amides is 2. The van der Waals surface area contributed by atoms with Crippen molar-refractivity contribution < 1.29 is 28.3 Å². The van der Waals surface area contributed by atoms with Crippen molar-refractivity contribution in [2.45, 2.75) is 33.3 Å². The van der Waals surface area contributed by atoms with Crippen LogP contribution < -0.4 is 10.4 Å². The van der Waals surface area contributed by atoms with E-state index in [1.807, 2.05) is 13.0 Å². The molecule has 3 aromatic rings. The first-order valence-corrected chi connectivity index (χ1v) is 10.7. The highest BCUT2D eigenvalue weighted by molar-refractivity contribution is 6.33. The predicted molar refractivity (Wildman–Crippen MR) is 121 cm³/mol. The number of carbonyl (C=O) groups excluding carboxylic acids is 3. The minimum Gasteiger partial charge on any atom is -0.444 e. The van der Waals surface area contributed by atoms with E-state index in [0.29, 0.717) is 11.8 Å². The highest BCUT2D eigenvalue weighted by atomic mass is 35.5. The van der Waals surface area contributed by atoms with Crippen molar-refractivity contribution in [1.82, 2.24) is 4.90 Å². The fraction of sp³-hybridized carbons (Fsp3) is 0.250. The Hall–Kier alpha value is -3.65. The van der Waals surface area contributed by atoms with Crippen molar-refractivity contribution in [2.75, 3.05) is 6.54 Å². The molecule has 0 aliphatic heterocycles. The molecule has 0 saturated carbocycles. The molecule has 9 heteroatoms. The van der Waals surface area contributed by atoms with E-state index in [1.54, 1.807) is 31.2 Å². The zero-order valence-corrected chi connectivity index (χ0v) is 18.9. The van der Waals surface area contributed by atoms with Crippen LogP contribution in [0.25, 0.3) is 11.0 Å². The van der Waals surface area contributed by atoms with Crippen molar-refractivity contribution >= 4 is 40.5 Å². The minimum atomic E-state index is -0.949. The highest BCUT2D eigenvalue weighted by Crippen LogP contribution is 2.30. The van der Waals surface area contributed by atoms with Gasteiger partial charge in [-0.05, 0) is 31.0 Å². The molecule has 0 fully saturated rings. The predicted octanol–water partition coefficient (Wildman–Crippen LogP) is 4.95. The summed E-state index contributed by atoms with van der Waals surface area (Å²) in [5, 5.41) is 0.431. The number of carbonyl (C=O) groups is 3. The SMILES string of the molecule is CCCC(=O)Oc1cc2oc(=O)c(C(=O)N(CC)C(=O)OCc3ccccc3)cc2cc1Cl. The Morgan fingerprint density at radius 2 is 1.79 bits per heavy atom. The summed E-state index contributed by atoms with van der Waals surface area (Å²) < 4.78 is 15.6. The largest absolute Gasteiger partial charge is 0.444 e. The number of esters is 1. The molecule has 0 saturated heterocycles. The summed E-state index contributed by atoms with van der Waals surface area (Å²) in [5.41, 5.74) is -0.470. The lowest BCUT2D eigenvalue weighted by Crippen LogP contribution is -2.39. The Labute approximate surface area is 194 Å². The van der Waals surface area contributed by atoms with Crippen LogP contribution >= 0.6 is 11.6 Å². The fourth-order valence-corrected chi connectivity index (χ4v) is 3.23. The Balaban J connectivity index is 1.84. The number of fused-ring (bicyclic) bond motifs is 1. The van der Waals surface area contributed by atoms with Crippen LogP contribution in [0.4, 0.5) is 4.79 Å². The molecule has 0 aliphatic carbocycles. The van der Waals surface area contributed by atoms with Gasteiger partial charge in [0.1, 0.15) is 17.8 Å². The molecule has 0 aliphatic rings. The Morgan fingerprint density at radius 1 is 1.06 bits per heavy atom. The van der Waals surface area contributed by atoms with Crippen LogP contribution in [0.3, 0.4) is 0 Å². The second-order valence-electron chi connectivity index (χ2n) is 7.08. The molecule has 33 heavy (non-hydrogen) atoms. The van der Waals surface area contributed by atoms with E-state index in [1.165, 1.54) is 18.2 Å². The maximum absolute atomic E-state index is 12.9. The molecule has 172 valence electrons. The topological polar surface area (TPSA) is 103 Å². The first kappa shape index (κ1) is 24.0. The van der Waals surface area contributed by atoms with Crippen molar-refractivity contribution in [3.05, 3.63) is 75.1 Å². The number of nitrogens with zero attached hydrogens (tertiary/aromatic N) is 1. The van der Waals surface area contributed by atoms with Crippen molar-refractivity contribution in [3.8, 4) is 5.75 Å². The lowest BCUT2D eigenvalue weighted by Gasteiger charge is -2.18. The van der Waals surface area contributed by atoms with Crippen LogP contribution in [0.2, 0.25) is 5.02 Å². The van der Waals surface area contributed by atoms with Gasteiger partial charge in [-0.15, -0.1) is 0 Å². The number of imide groups is 1. The molecule has 2 aromatic carbocycles. The number of rotatable bonds is 7. The smallest absolute Gasteiger partial charge is 0.417 e. The second kappa shape index (κ2) is 10.8. The van der Waals surface area contributed by atoms with Gasteiger partial charge in [0.15, 0.2) is 5.75 Å². The van der Waals surface area contributed by atoms with Gasteiger partial charge in [-0.2, -0.15) is 0 Å². The zero-order chi connectivity index (χ0) is 24.0. The van der Waals surface area contributed by atoms with Gasteiger partial charge in [0.2, 0.25) is 0 Å². The van der Waals surface area contributed by atoms with Gasteiger partial charge in [-0.1, -0.05) is 48.9 Å². The number of hydrogen-bond donors (Lipinski definition) is 0. The molecular formula is C24H22ClNO7. The highest BCUT2D eigenvalue weighted by Gasteiger charge is 2.26. The van der Waals surface area contributed by atoms with Gasteiger partial charge in [0.05, 0.1) is 5.02 Å². The van der Waals surface area contributed by atoms with Crippen LogP contribution in [-0.4, -0.2) is 29.4 Å². The summed E-state index contributed by atoms with van der Waals surface area (Å²) in [6, 6.07) is 13.0. The van der Waals surface area contributed by atoms with Crippen LogP contribution in [0.5, 0.6) is 5.75 Å². The molecule has 2 amide bonds. The maximum atomic E-state index is 12.9. The molecule has 0 spiro atoms. The molecule has 0 atom stereocenters. The standard InChI is InChI=1S/C24H22ClNO7/c1-3-8-21(27)32-20-13-19-16(12-18(20)25)11-17(23(29)33-19)22(28)26(4-2)24(30)31-14-15-9-6-5-7-10-15/h5-7,9-13H,3-4,8,14H2,1-2H3. The molecule has 8 nitrogen and oxygen atoms in total. The van der Waals surface area contributed by atoms with E-state index < -0.39 is 23.6 Å². The van der Waals surface area contributed by atoms with Crippen LogP contribution in [-0.2, 0) is 16.1 Å². The van der Waals surface area contributed by atoms with E-state index in [2.05, 4.69) is 0 Å². The number of halogens is 1. The first-order valence-electron chi connectivity index (χ1n) is 10.3. The summed E-state index contributed by atoms with van der Waals surface area (Å²) in [4.78, 5) is 50.5. The van der Waals surface area contributed by atoms with Gasteiger partial charge in [-0.25, -0.2) is 14.5 Å². The molecule has 1 heterocycles. The quantitative estimate of drug-likeness (QED) is 0.273. The molecule has 0 bridgehead atoms. The van der Waals surface area contributed by atoms with Crippen LogP contribution in [0, 0.1) is 0 Å². The first-order chi connectivity index (χ1) is 15.8. The van der Waals surface area contributed by atoms with E-state index >= 15 is 0 Å². The van der Waals surface area contributed by atoms with Crippen molar-refractivity contribution in [2.24, 2.45) is 0 Å². The lowest BCUT2D eigenvalue weighted by molar-refractivity contribution is -0.134. The molecular weight excluding hydrogens is 450 g/mol. The Bertz CT molecular complexity index is 1240. The van der Waals surface area contributed by atoms with E-state index in [4.69, 9.17) is 25.5 Å². The zero-order valence-electron chi connectivity index (χ0n) is 18.1. The summed E-state index contributed by atoms with van der Waals surface area (Å²) in [5.74, 6) is -1.29. The third-order valence-electron chi connectivity index (χ3n) is 4.68. The minimum absolute atomic E-state index is 0.0169. The van der Waals surface area contributed by atoms with Crippen molar-refractivity contribution in [3.63, 3.8) is 0 Å². The third kappa shape index (κ3) is 5.78. The summed E-state index contributed by atoms with van der Waals surface area (Å²) in [6.07, 6.45) is -0.0762. The maximum Gasteiger partial charge on any atom is 0.417 e. The third-order valence-corrected chi connectivity index (χ3v) is 4.98. The average molecular weight is 472 g/mol. The number of benzene rings is 2. The molecule has 3 rings (SSSR count). The number of ether oxygens (including phenoxy) is 2. The van der Waals surface area contributed by atoms with Gasteiger partial charge in [0.25, 0.3) is 5.91 Å². The van der Waals surface area contributed by atoms with Gasteiger partial charge in [0, 0.05) is 24.4 Å². The lowest BCUT2D eigenvalue weighted by atomic mass is 10.1. The molecule has 1 aromatic heterocycles. The summed E-state index contributed by atoms with van der Waals surface area (Å²) >= 11 is 6.19. The average Bonchev–Trinajstić information content (AvgIpc) is 2.79. The molecule has 0 radical (unpaired) electrons. The van der Waals surface area contributed by atoms with E-state index in [0.717, 1.165) is 10.5 Å². The second-order valence-corrected chi connectivity index (χ2v) is 7.49. The van der Waals surface area contributed by atoms with Crippen LogP contribution in [0.1, 0.15) is 42.6 Å². The van der Waals surface area contributed by atoms with Gasteiger partial charge < -0.3 is 13.9 Å². The van der Waals surface area contributed by atoms with E-state index in [9.17, 15) is 19.2 Å².